The van der Waals surface area contributed by atoms with E-state index in [0.29, 0.717) is 47.4 Å². The Morgan fingerprint density at radius 1 is 1.12 bits per heavy atom. The maximum atomic E-state index is 12.5. The van der Waals surface area contributed by atoms with Gasteiger partial charge in [0.05, 0.1) is 12.8 Å². The second kappa shape index (κ2) is 8.81. The van der Waals surface area contributed by atoms with Crippen molar-refractivity contribution in [1.82, 2.24) is 24.8 Å². The summed E-state index contributed by atoms with van der Waals surface area (Å²) >= 11 is 1.46. The van der Waals surface area contributed by atoms with Crippen molar-refractivity contribution in [1.29, 1.82) is 0 Å². The summed E-state index contributed by atoms with van der Waals surface area (Å²) in [6, 6.07) is 12.7. The number of methoxy groups -OCH3 is 1. The van der Waals surface area contributed by atoms with Crippen LogP contribution < -0.4 is 10.1 Å². The second-order valence-electron chi connectivity index (χ2n) is 7.90. The van der Waals surface area contributed by atoms with Gasteiger partial charge in [-0.05, 0) is 29.8 Å². The van der Waals surface area contributed by atoms with Gasteiger partial charge < -0.3 is 20.1 Å². The van der Waals surface area contributed by atoms with Crippen LogP contribution in [0.15, 0.2) is 60.2 Å². The number of hydrogen-bond acceptors (Lipinski definition) is 9. The third-order valence-corrected chi connectivity index (χ3v) is 6.63. The third kappa shape index (κ3) is 3.97. The summed E-state index contributed by atoms with van der Waals surface area (Å²) in [4.78, 5) is 31.9. The van der Waals surface area contributed by atoms with Gasteiger partial charge in [0.25, 0.3) is 5.91 Å². The maximum absolute atomic E-state index is 12.5. The number of carbonyl (C=O) groups excluding carboxylic acids is 1. The van der Waals surface area contributed by atoms with Crippen LogP contribution in [0.4, 0.5) is 11.8 Å². The highest BCUT2D eigenvalue weighted by Gasteiger charge is 2.45. The topological polar surface area (TPSA) is 113 Å². The lowest BCUT2D eigenvalue weighted by atomic mass is 9.91. The summed E-state index contributed by atoms with van der Waals surface area (Å²) in [5.74, 6) is 1.19. The molecule has 3 aromatic heterocycles. The number of rotatable bonds is 6. The molecule has 1 fully saturated rings. The van der Waals surface area contributed by atoms with E-state index in [1.165, 1.54) is 11.3 Å². The molecule has 1 aromatic carbocycles. The Morgan fingerprint density at radius 2 is 2.00 bits per heavy atom. The zero-order valence-electron chi connectivity index (χ0n) is 18.6. The Labute approximate surface area is 200 Å². The molecule has 2 N–H and O–H groups in total. The summed E-state index contributed by atoms with van der Waals surface area (Å²) < 4.78 is 5.32. The van der Waals surface area contributed by atoms with Crippen LogP contribution in [0.3, 0.4) is 0 Å². The summed E-state index contributed by atoms with van der Waals surface area (Å²) in [6.07, 6.45) is 3.67. The van der Waals surface area contributed by atoms with Crippen molar-refractivity contribution in [3.63, 3.8) is 0 Å². The first-order valence-corrected chi connectivity index (χ1v) is 11.5. The lowest BCUT2D eigenvalue weighted by molar-refractivity contribution is -0.143. The van der Waals surface area contributed by atoms with Gasteiger partial charge in [-0.1, -0.05) is 18.2 Å². The minimum atomic E-state index is -1.50. The Hall–Kier alpha value is -3.89. The quantitative estimate of drug-likeness (QED) is 0.437. The highest BCUT2D eigenvalue weighted by molar-refractivity contribution is 7.13. The predicted octanol–water partition coefficient (Wildman–Crippen LogP) is 3.46. The summed E-state index contributed by atoms with van der Waals surface area (Å²) in [7, 11) is 3.27. The van der Waals surface area contributed by atoms with Crippen molar-refractivity contribution < 1.29 is 14.6 Å². The number of nitrogens with zero attached hydrogens (tertiary/aromatic N) is 5. The van der Waals surface area contributed by atoms with Gasteiger partial charge in [0, 0.05) is 43.4 Å². The average molecular weight is 475 g/mol. The molecule has 0 saturated carbocycles. The first-order valence-electron chi connectivity index (χ1n) is 10.6. The number of aliphatic hydroxyl groups is 1. The Bertz CT molecular complexity index is 1360. The van der Waals surface area contributed by atoms with E-state index in [2.05, 4.69) is 20.3 Å². The fourth-order valence-electron chi connectivity index (χ4n) is 3.87. The number of pyridine rings is 1. The molecule has 0 unspecified atom stereocenters. The number of thiazole rings is 1. The van der Waals surface area contributed by atoms with E-state index in [0.717, 1.165) is 10.6 Å². The molecule has 172 valence electrons. The molecule has 9 nitrogen and oxygen atoms in total. The van der Waals surface area contributed by atoms with E-state index in [-0.39, 0.29) is 5.91 Å². The van der Waals surface area contributed by atoms with Crippen molar-refractivity contribution in [2.75, 3.05) is 26.0 Å². The Kier molecular flexibility index (Phi) is 5.68. The Balaban J connectivity index is 1.41. The molecule has 1 saturated heterocycles. The second-order valence-corrected chi connectivity index (χ2v) is 8.76. The van der Waals surface area contributed by atoms with E-state index < -0.39 is 5.60 Å². The molecular weight excluding hydrogens is 452 g/mol. The van der Waals surface area contributed by atoms with Crippen LogP contribution in [0, 0.1) is 0 Å². The summed E-state index contributed by atoms with van der Waals surface area (Å²) in [6.45, 7) is 0.523. The van der Waals surface area contributed by atoms with Crippen molar-refractivity contribution in [3.8, 4) is 27.7 Å². The monoisotopic (exact) mass is 474 g/mol. The lowest BCUT2D eigenvalue weighted by Crippen LogP contribution is -2.36. The fourth-order valence-corrected chi connectivity index (χ4v) is 4.68. The number of ether oxygens (including phenoxy) is 1. The number of carbonyl (C=O) groups is 1. The zero-order valence-corrected chi connectivity index (χ0v) is 19.4. The third-order valence-electron chi connectivity index (χ3n) is 5.74. The number of likely N-dealkylation sites (N-methyl/N-ethyl adjacent to an activating group) is 1. The molecule has 0 bridgehead atoms. The minimum absolute atomic E-state index is 0.282. The highest BCUT2D eigenvalue weighted by atomic mass is 32.1. The predicted molar refractivity (Wildman–Crippen MR) is 129 cm³/mol. The average Bonchev–Trinajstić information content (AvgIpc) is 3.47. The standard InChI is InChI=1S/C24H22N6O3S/c1-30-12-9-24(32,22(30)31)16-6-3-5-15(13-16)21-27-18(14-34-21)17-8-11-26-23(28-17)29-20-19(33-2)7-4-10-25-20/h3-8,10-11,13-14,32H,9,12H2,1-2H3,(H,25,26,28,29)/t24-/m1/s1. The smallest absolute Gasteiger partial charge is 0.258 e. The summed E-state index contributed by atoms with van der Waals surface area (Å²) in [5, 5.41) is 16.8. The fraction of sp³-hybridized carbons (Fsp3) is 0.208. The molecule has 0 aliphatic carbocycles. The first kappa shape index (κ1) is 21.9. The van der Waals surface area contributed by atoms with Crippen molar-refractivity contribution >= 4 is 29.0 Å². The number of anilines is 2. The van der Waals surface area contributed by atoms with E-state index in [9.17, 15) is 9.90 Å². The molecule has 10 heteroatoms. The number of amides is 1. The van der Waals surface area contributed by atoms with Gasteiger partial charge in [0.15, 0.2) is 17.2 Å². The van der Waals surface area contributed by atoms with Gasteiger partial charge in [-0.2, -0.15) is 0 Å². The lowest BCUT2D eigenvalue weighted by Gasteiger charge is -2.21. The molecule has 4 heterocycles. The molecule has 34 heavy (non-hydrogen) atoms. The van der Waals surface area contributed by atoms with Crippen LogP contribution in [0.5, 0.6) is 5.75 Å². The summed E-state index contributed by atoms with van der Waals surface area (Å²) in [5.41, 5.74) is 1.26. The van der Waals surface area contributed by atoms with Crippen molar-refractivity contribution in [3.05, 3.63) is 65.8 Å². The van der Waals surface area contributed by atoms with E-state index >= 15 is 0 Å². The maximum Gasteiger partial charge on any atom is 0.258 e. The van der Waals surface area contributed by atoms with Gasteiger partial charge in [0.2, 0.25) is 5.95 Å². The molecule has 1 amide bonds. The van der Waals surface area contributed by atoms with E-state index in [1.54, 1.807) is 55.7 Å². The van der Waals surface area contributed by atoms with Crippen LogP contribution in [0.1, 0.15) is 12.0 Å². The number of likely N-dealkylation sites (tertiary alicyclic amines) is 1. The number of benzene rings is 1. The molecule has 1 atom stereocenters. The molecule has 1 aliphatic heterocycles. The number of hydrogen-bond donors (Lipinski definition) is 2. The van der Waals surface area contributed by atoms with Crippen molar-refractivity contribution in [2.24, 2.45) is 0 Å². The largest absolute Gasteiger partial charge is 0.493 e. The molecule has 0 spiro atoms. The van der Waals surface area contributed by atoms with Gasteiger partial charge in [0.1, 0.15) is 10.7 Å². The van der Waals surface area contributed by atoms with Crippen LogP contribution in [0.25, 0.3) is 22.0 Å². The van der Waals surface area contributed by atoms with Crippen LogP contribution in [0.2, 0.25) is 0 Å². The van der Waals surface area contributed by atoms with Crippen LogP contribution >= 0.6 is 11.3 Å². The van der Waals surface area contributed by atoms with Gasteiger partial charge >= 0.3 is 0 Å². The molecule has 0 radical (unpaired) electrons. The van der Waals surface area contributed by atoms with E-state index in [4.69, 9.17) is 9.72 Å². The number of aromatic nitrogens is 4. The molecule has 1 aliphatic rings. The van der Waals surface area contributed by atoms with Gasteiger partial charge in [-0.3, -0.25) is 4.79 Å². The van der Waals surface area contributed by atoms with Gasteiger partial charge in [-0.25, -0.2) is 19.9 Å². The Morgan fingerprint density at radius 3 is 2.79 bits per heavy atom. The van der Waals surface area contributed by atoms with Crippen molar-refractivity contribution in [2.45, 2.75) is 12.0 Å². The molecule has 5 rings (SSSR count). The van der Waals surface area contributed by atoms with Crippen LogP contribution in [-0.2, 0) is 10.4 Å². The number of nitrogens with one attached hydrogen (secondary N) is 1. The zero-order chi connectivity index (χ0) is 23.7. The highest BCUT2D eigenvalue weighted by Crippen LogP contribution is 2.36. The molecular formula is C24H22N6O3S. The van der Waals surface area contributed by atoms with Gasteiger partial charge in [-0.15, -0.1) is 11.3 Å². The molecule has 4 aromatic rings. The van der Waals surface area contributed by atoms with E-state index in [1.807, 2.05) is 23.6 Å². The SMILES string of the molecule is COc1cccnc1Nc1nccc(-c2csc(-c3cccc([C@]4(O)CCN(C)C4=O)c3)n2)n1. The van der Waals surface area contributed by atoms with Crippen LogP contribution in [-0.4, -0.2) is 56.6 Å². The first-order chi connectivity index (χ1) is 16.5. The minimum Gasteiger partial charge on any atom is -0.493 e. The normalized spacial score (nSPS) is 17.7.